The predicted molar refractivity (Wildman–Crippen MR) is 55.4 cm³/mol. The van der Waals surface area contributed by atoms with Crippen molar-refractivity contribution < 1.29 is 4.84 Å². The molecule has 78 valence electrons. The van der Waals surface area contributed by atoms with E-state index < -0.39 is 0 Å². The number of rotatable bonds is 4. The minimum absolute atomic E-state index is 0.608. The zero-order valence-corrected chi connectivity index (χ0v) is 9.01. The highest BCUT2D eigenvalue weighted by atomic mass is 16.6. The molecule has 0 aromatic heterocycles. The third-order valence-corrected chi connectivity index (χ3v) is 3.06. The molecule has 1 aliphatic rings. The van der Waals surface area contributed by atoms with Crippen LogP contribution < -0.4 is 5.48 Å². The van der Waals surface area contributed by atoms with Crippen LogP contribution in [0.2, 0.25) is 0 Å². The molecular formula is C11H23NO. The maximum absolute atomic E-state index is 5.25. The molecular weight excluding hydrogens is 162 g/mol. The van der Waals surface area contributed by atoms with Gasteiger partial charge in [0, 0.05) is 6.04 Å². The first-order valence-corrected chi connectivity index (χ1v) is 5.74. The largest absolute Gasteiger partial charge is 0.302 e. The molecule has 0 spiro atoms. The Labute approximate surface area is 82.0 Å². The summed E-state index contributed by atoms with van der Waals surface area (Å²) in [5.41, 5.74) is 3.16. The second kappa shape index (κ2) is 6.39. The summed E-state index contributed by atoms with van der Waals surface area (Å²) in [5, 5.41) is 0. The quantitative estimate of drug-likeness (QED) is 0.537. The van der Waals surface area contributed by atoms with Crippen LogP contribution >= 0.6 is 0 Å². The van der Waals surface area contributed by atoms with Crippen LogP contribution in [0.15, 0.2) is 0 Å². The normalized spacial score (nSPS) is 30.0. The van der Waals surface area contributed by atoms with E-state index in [4.69, 9.17) is 4.84 Å². The number of hydrogen-bond acceptors (Lipinski definition) is 2. The van der Waals surface area contributed by atoms with Crippen LogP contribution in [-0.2, 0) is 4.84 Å². The van der Waals surface area contributed by atoms with E-state index in [2.05, 4.69) is 12.4 Å². The topological polar surface area (TPSA) is 21.3 Å². The van der Waals surface area contributed by atoms with Crippen molar-refractivity contribution >= 4 is 0 Å². The summed E-state index contributed by atoms with van der Waals surface area (Å²) in [7, 11) is 0. The van der Waals surface area contributed by atoms with E-state index in [1.54, 1.807) is 0 Å². The zero-order chi connectivity index (χ0) is 9.52. The first kappa shape index (κ1) is 11.0. The molecule has 1 rings (SSSR count). The van der Waals surface area contributed by atoms with Crippen molar-refractivity contribution in [3.05, 3.63) is 0 Å². The van der Waals surface area contributed by atoms with Gasteiger partial charge in [0.15, 0.2) is 0 Å². The maximum atomic E-state index is 5.25. The smallest absolute Gasteiger partial charge is 0.0654 e. The lowest BCUT2D eigenvalue weighted by Gasteiger charge is -2.15. The minimum atomic E-state index is 0.608. The van der Waals surface area contributed by atoms with E-state index in [0.29, 0.717) is 6.04 Å². The van der Waals surface area contributed by atoms with Crippen molar-refractivity contribution in [3.8, 4) is 0 Å². The van der Waals surface area contributed by atoms with Gasteiger partial charge >= 0.3 is 0 Å². The molecule has 0 bridgehead atoms. The van der Waals surface area contributed by atoms with Gasteiger partial charge in [-0.3, -0.25) is 0 Å². The van der Waals surface area contributed by atoms with Crippen molar-refractivity contribution in [1.29, 1.82) is 0 Å². The lowest BCUT2D eigenvalue weighted by atomic mass is 9.98. The van der Waals surface area contributed by atoms with E-state index in [9.17, 15) is 0 Å². The Bertz CT molecular complexity index is 127. The van der Waals surface area contributed by atoms with Gasteiger partial charge in [-0.25, -0.2) is 0 Å². The van der Waals surface area contributed by atoms with Crippen LogP contribution in [-0.4, -0.2) is 12.6 Å². The molecule has 0 heterocycles. The van der Waals surface area contributed by atoms with Gasteiger partial charge < -0.3 is 4.84 Å². The van der Waals surface area contributed by atoms with Crippen molar-refractivity contribution in [2.45, 2.75) is 58.4 Å². The van der Waals surface area contributed by atoms with E-state index in [0.717, 1.165) is 12.5 Å². The summed E-state index contributed by atoms with van der Waals surface area (Å²) in [6, 6.07) is 0.608. The molecule has 0 amide bonds. The third kappa shape index (κ3) is 4.10. The second-order valence-electron chi connectivity index (χ2n) is 4.03. The lowest BCUT2D eigenvalue weighted by Crippen LogP contribution is -2.28. The molecule has 13 heavy (non-hydrogen) atoms. The van der Waals surface area contributed by atoms with Gasteiger partial charge in [-0.1, -0.05) is 26.2 Å². The van der Waals surface area contributed by atoms with Gasteiger partial charge in [-0.05, 0) is 32.1 Å². The highest BCUT2D eigenvalue weighted by Gasteiger charge is 2.17. The molecule has 0 radical (unpaired) electrons. The average molecular weight is 185 g/mol. The predicted octanol–water partition coefficient (Wildman–Crippen LogP) is 2.89. The SMILES string of the molecule is CCONC1CCCC(CC)CC1. The monoisotopic (exact) mass is 185 g/mol. The molecule has 0 aliphatic heterocycles. The van der Waals surface area contributed by atoms with E-state index in [1.807, 2.05) is 6.92 Å². The Morgan fingerprint density at radius 3 is 2.69 bits per heavy atom. The van der Waals surface area contributed by atoms with E-state index in [1.165, 1.54) is 38.5 Å². The van der Waals surface area contributed by atoms with Crippen LogP contribution in [0.25, 0.3) is 0 Å². The molecule has 0 saturated heterocycles. The highest BCUT2D eigenvalue weighted by molar-refractivity contribution is 4.71. The molecule has 2 nitrogen and oxygen atoms in total. The van der Waals surface area contributed by atoms with Crippen molar-refractivity contribution in [3.63, 3.8) is 0 Å². The molecule has 2 heteroatoms. The van der Waals surface area contributed by atoms with Crippen molar-refractivity contribution in [1.82, 2.24) is 5.48 Å². The van der Waals surface area contributed by atoms with Crippen LogP contribution in [0.1, 0.15) is 52.4 Å². The van der Waals surface area contributed by atoms with E-state index >= 15 is 0 Å². The van der Waals surface area contributed by atoms with Crippen LogP contribution in [0, 0.1) is 5.92 Å². The molecule has 0 aromatic rings. The molecule has 1 fully saturated rings. The summed E-state index contributed by atoms with van der Waals surface area (Å²) >= 11 is 0. The summed E-state index contributed by atoms with van der Waals surface area (Å²) in [6.45, 7) is 5.10. The molecule has 1 saturated carbocycles. The molecule has 1 N–H and O–H groups in total. The van der Waals surface area contributed by atoms with Crippen LogP contribution in [0.3, 0.4) is 0 Å². The highest BCUT2D eigenvalue weighted by Crippen LogP contribution is 2.25. The number of hydroxylamine groups is 1. The maximum Gasteiger partial charge on any atom is 0.0654 e. The Kier molecular flexibility index (Phi) is 5.40. The first-order chi connectivity index (χ1) is 6.36. The Morgan fingerprint density at radius 2 is 2.00 bits per heavy atom. The Morgan fingerprint density at radius 1 is 1.15 bits per heavy atom. The fourth-order valence-electron chi connectivity index (χ4n) is 2.11. The minimum Gasteiger partial charge on any atom is -0.302 e. The first-order valence-electron chi connectivity index (χ1n) is 5.74. The number of nitrogens with one attached hydrogen (secondary N) is 1. The fraction of sp³-hybridized carbons (Fsp3) is 1.00. The fourth-order valence-corrected chi connectivity index (χ4v) is 2.11. The van der Waals surface area contributed by atoms with Crippen molar-refractivity contribution in [2.75, 3.05) is 6.61 Å². The summed E-state index contributed by atoms with van der Waals surface area (Å²) in [6.07, 6.45) is 8.08. The van der Waals surface area contributed by atoms with Gasteiger partial charge in [-0.15, -0.1) is 0 Å². The molecule has 0 aromatic carbocycles. The average Bonchev–Trinajstić information content (AvgIpc) is 2.39. The molecule has 1 aliphatic carbocycles. The Balaban J connectivity index is 2.19. The lowest BCUT2D eigenvalue weighted by molar-refractivity contribution is 0.0206. The third-order valence-electron chi connectivity index (χ3n) is 3.06. The summed E-state index contributed by atoms with van der Waals surface area (Å²) < 4.78 is 0. The molecule has 2 unspecified atom stereocenters. The van der Waals surface area contributed by atoms with Gasteiger partial charge in [0.1, 0.15) is 0 Å². The molecule has 2 atom stereocenters. The Hall–Kier alpha value is -0.0800. The van der Waals surface area contributed by atoms with Gasteiger partial charge in [0.05, 0.1) is 6.61 Å². The summed E-state index contributed by atoms with van der Waals surface area (Å²) in [5.74, 6) is 0.966. The second-order valence-corrected chi connectivity index (χ2v) is 4.03. The zero-order valence-electron chi connectivity index (χ0n) is 9.01. The number of hydrogen-bond donors (Lipinski definition) is 1. The van der Waals surface area contributed by atoms with Crippen LogP contribution in [0.5, 0.6) is 0 Å². The standard InChI is InChI=1S/C11H23NO/c1-3-10-6-5-7-11(9-8-10)12-13-4-2/h10-12H,3-9H2,1-2H3. The van der Waals surface area contributed by atoms with Gasteiger partial charge in [0.2, 0.25) is 0 Å². The summed E-state index contributed by atoms with van der Waals surface area (Å²) in [4.78, 5) is 5.25. The van der Waals surface area contributed by atoms with Crippen molar-refractivity contribution in [2.24, 2.45) is 5.92 Å². The van der Waals surface area contributed by atoms with Crippen LogP contribution in [0.4, 0.5) is 0 Å². The van der Waals surface area contributed by atoms with Gasteiger partial charge in [0.25, 0.3) is 0 Å². The van der Waals surface area contributed by atoms with Gasteiger partial charge in [-0.2, -0.15) is 5.48 Å². The van der Waals surface area contributed by atoms with E-state index in [-0.39, 0.29) is 0 Å².